The SMILES string of the molecule is C=C1/C(=C\C=C2CCC[C@@]3(C)C2CC[C@@H]3[C@H](C)CCCC(C)CO)C(F)(F)[C@@H](O)C[C@H]1O. The number of allylic oxidation sites excluding steroid dienone is 3. The third-order valence-corrected chi connectivity index (χ3v) is 8.83. The van der Waals surface area contributed by atoms with Gasteiger partial charge in [-0.2, -0.15) is 8.78 Å². The van der Waals surface area contributed by atoms with Crippen LogP contribution < -0.4 is 0 Å². The maximum atomic E-state index is 14.6. The number of hydrogen-bond donors (Lipinski definition) is 3. The Morgan fingerprint density at radius 2 is 1.88 bits per heavy atom. The van der Waals surface area contributed by atoms with Crippen molar-refractivity contribution in [1.82, 2.24) is 0 Å². The van der Waals surface area contributed by atoms with Crippen molar-refractivity contribution in [2.24, 2.45) is 29.1 Å². The van der Waals surface area contributed by atoms with Crippen LogP contribution in [0.4, 0.5) is 8.78 Å². The molecule has 0 aromatic rings. The average Bonchev–Trinajstić information content (AvgIpc) is 3.10. The van der Waals surface area contributed by atoms with Crippen LogP contribution in [0, 0.1) is 29.1 Å². The van der Waals surface area contributed by atoms with Crippen LogP contribution in [0.15, 0.2) is 35.5 Å². The van der Waals surface area contributed by atoms with Crippen molar-refractivity contribution >= 4 is 0 Å². The molecule has 0 bridgehead atoms. The summed E-state index contributed by atoms with van der Waals surface area (Å²) in [5.74, 6) is -1.39. The Labute approximate surface area is 192 Å². The first-order chi connectivity index (χ1) is 15.0. The van der Waals surface area contributed by atoms with E-state index in [1.165, 1.54) is 30.9 Å². The van der Waals surface area contributed by atoms with E-state index in [0.717, 1.165) is 32.1 Å². The van der Waals surface area contributed by atoms with Gasteiger partial charge in [-0.25, -0.2) is 0 Å². The smallest absolute Gasteiger partial charge is 0.298 e. The fourth-order valence-electron chi connectivity index (χ4n) is 6.78. The minimum atomic E-state index is -3.39. The van der Waals surface area contributed by atoms with Gasteiger partial charge in [0.1, 0.15) is 6.10 Å². The number of rotatable bonds is 7. The molecule has 2 unspecified atom stereocenters. The van der Waals surface area contributed by atoms with Gasteiger partial charge in [0, 0.05) is 18.6 Å². The maximum Gasteiger partial charge on any atom is 0.298 e. The van der Waals surface area contributed by atoms with E-state index in [1.54, 1.807) is 0 Å². The summed E-state index contributed by atoms with van der Waals surface area (Å²) in [5.41, 5.74) is 1.11. The predicted octanol–water partition coefficient (Wildman–Crippen LogP) is 5.81. The number of halogens is 2. The Hall–Kier alpha value is -1.04. The van der Waals surface area contributed by atoms with Crippen LogP contribution in [0.25, 0.3) is 0 Å². The molecule has 3 saturated carbocycles. The van der Waals surface area contributed by atoms with Gasteiger partial charge in [0.25, 0.3) is 5.92 Å². The average molecular weight is 453 g/mol. The second-order valence-electron chi connectivity index (χ2n) is 11.0. The van der Waals surface area contributed by atoms with Crippen molar-refractivity contribution in [1.29, 1.82) is 0 Å². The monoisotopic (exact) mass is 452 g/mol. The molecule has 5 heteroatoms. The van der Waals surface area contributed by atoms with Gasteiger partial charge >= 0.3 is 0 Å². The fourth-order valence-corrected chi connectivity index (χ4v) is 6.78. The highest BCUT2D eigenvalue weighted by molar-refractivity contribution is 5.44. The van der Waals surface area contributed by atoms with E-state index in [-0.39, 0.29) is 29.6 Å². The van der Waals surface area contributed by atoms with E-state index < -0.39 is 18.1 Å². The Bertz CT molecular complexity index is 743. The lowest BCUT2D eigenvalue weighted by atomic mass is 9.60. The molecule has 32 heavy (non-hydrogen) atoms. The van der Waals surface area contributed by atoms with E-state index in [2.05, 4.69) is 27.4 Å². The molecule has 182 valence electrons. The van der Waals surface area contributed by atoms with Crippen molar-refractivity contribution in [2.45, 2.75) is 96.7 Å². The molecular weight excluding hydrogens is 410 g/mol. The lowest BCUT2D eigenvalue weighted by molar-refractivity contribution is -0.103. The van der Waals surface area contributed by atoms with Crippen LogP contribution in [0.5, 0.6) is 0 Å². The minimum Gasteiger partial charge on any atom is -0.396 e. The van der Waals surface area contributed by atoms with Crippen molar-refractivity contribution in [2.75, 3.05) is 6.61 Å². The Morgan fingerprint density at radius 3 is 2.56 bits per heavy atom. The van der Waals surface area contributed by atoms with Crippen LogP contribution in [0.2, 0.25) is 0 Å². The lowest BCUT2D eigenvalue weighted by Crippen LogP contribution is -2.44. The van der Waals surface area contributed by atoms with Crippen LogP contribution in [0.3, 0.4) is 0 Å². The lowest BCUT2D eigenvalue weighted by Gasteiger charge is -2.44. The van der Waals surface area contributed by atoms with E-state index in [9.17, 15) is 24.1 Å². The quantitative estimate of drug-likeness (QED) is 0.457. The highest BCUT2D eigenvalue weighted by Crippen LogP contribution is 2.60. The van der Waals surface area contributed by atoms with Gasteiger partial charge in [-0.3, -0.25) is 0 Å². The highest BCUT2D eigenvalue weighted by Gasteiger charge is 2.51. The molecule has 3 aliphatic rings. The van der Waals surface area contributed by atoms with Crippen LogP contribution in [0.1, 0.15) is 78.6 Å². The van der Waals surface area contributed by atoms with Gasteiger partial charge < -0.3 is 15.3 Å². The van der Waals surface area contributed by atoms with Gasteiger partial charge in [0.05, 0.1) is 6.10 Å². The molecule has 0 heterocycles. The molecule has 0 spiro atoms. The van der Waals surface area contributed by atoms with E-state index >= 15 is 0 Å². The van der Waals surface area contributed by atoms with Crippen LogP contribution >= 0.6 is 0 Å². The zero-order chi connectivity index (χ0) is 23.7. The standard InChI is InChI=1S/C27H42F2O3/c1-17(16-30)7-5-8-18(2)21-12-13-23-20(9-6-14-26(21,23)4)10-11-22-19(3)24(31)15-25(32)27(22,28)29/h10-11,17-18,21,23-25,30-32H,3,5-9,12-16H2,1-2,4H3/b20-10?,22-11+/t17?,18-,21-,23?,24-,25+,26-/m1/s1. The zero-order valence-corrected chi connectivity index (χ0v) is 20.0. The van der Waals surface area contributed by atoms with Crippen molar-refractivity contribution < 1.29 is 24.1 Å². The number of fused-ring (bicyclic) bond motifs is 1. The number of alkyl halides is 2. The second-order valence-corrected chi connectivity index (χ2v) is 11.0. The first-order valence-corrected chi connectivity index (χ1v) is 12.5. The molecule has 3 aliphatic carbocycles. The molecule has 0 saturated heterocycles. The maximum absolute atomic E-state index is 14.6. The van der Waals surface area contributed by atoms with Crippen LogP contribution in [-0.2, 0) is 0 Å². The summed E-state index contributed by atoms with van der Waals surface area (Å²) in [6.45, 7) is 10.8. The zero-order valence-electron chi connectivity index (χ0n) is 20.0. The summed E-state index contributed by atoms with van der Waals surface area (Å²) in [6, 6.07) is 0. The summed E-state index contributed by atoms with van der Waals surface area (Å²) in [6.07, 6.45) is 8.66. The van der Waals surface area contributed by atoms with Gasteiger partial charge in [-0.1, -0.05) is 57.9 Å². The Balaban J connectivity index is 1.76. The van der Waals surface area contributed by atoms with E-state index in [4.69, 9.17) is 0 Å². The summed E-state index contributed by atoms with van der Waals surface area (Å²) in [4.78, 5) is 0. The fraction of sp³-hybridized carbons (Fsp3) is 0.778. The molecular formula is C27H42F2O3. The Kier molecular flexibility index (Phi) is 8.05. The molecule has 0 aromatic heterocycles. The van der Waals surface area contributed by atoms with Gasteiger partial charge in [-0.15, -0.1) is 0 Å². The number of aliphatic hydroxyl groups excluding tert-OH is 3. The first-order valence-electron chi connectivity index (χ1n) is 12.5. The third-order valence-electron chi connectivity index (χ3n) is 8.83. The van der Waals surface area contributed by atoms with Crippen molar-refractivity contribution in [3.63, 3.8) is 0 Å². The van der Waals surface area contributed by atoms with E-state index in [1.807, 2.05) is 6.08 Å². The Morgan fingerprint density at radius 1 is 1.16 bits per heavy atom. The molecule has 3 fully saturated rings. The van der Waals surface area contributed by atoms with Gasteiger partial charge in [0.15, 0.2) is 0 Å². The molecule has 3 N–H and O–H groups in total. The molecule has 3 rings (SSSR count). The normalized spacial score (nSPS) is 39.3. The summed E-state index contributed by atoms with van der Waals surface area (Å²) >= 11 is 0. The van der Waals surface area contributed by atoms with Crippen molar-refractivity contribution in [3.8, 4) is 0 Å². The summed E-state index contributed by atoms with van der Waals surface area (Å²) in [7, 11) is 0. The van der Waals surface area contributed by atoms with Crippen LogP contribution in [-0.4, -0.2) is 40.1 Å². The van der Waals surface area contributed by atoms with Gasteiger partial charge in [0.2, 0.25) is 0 Å². The van der Waals surface area contributed by atoms with Gasteiger partial charge in [-0.05, 0) is 73.2 Å². The number of hydrogen-bond acceptors (Lipinski definition) is 3. The highest BCUT2D eigenvalue weighted by atomic mass is 19.3. The third kappa shape index (κ3) is 4.90. The predicted molar refractivity (Wildman–Crippen MR) is 124 cm³/mol. The summed E-state index contributed by atoms with van der Waals surface area (Å²) in [5, 5.41) is 29.1. The topological polar surface area (TPSA) is 60.7 Å². The molecule has 3 nitrogen and oxygen atoms in total. The summed E-state index contributed by atoms with van der Waals surface area (Å²) < 4.78 is 29.2. The molecule has 0 amide bonds. The number of aliphatic hydroxyl groups is 3. The largest absolute Gasteiger partial charge is 0.396 e. The molecule has 0 radical (unpaired) electrons. The molecule has 0 aromatic carbocycles. The van der Waals surface area contributed by atoms with Crippen molar-refractivity contribution in [3.05, 3.63) is 35.5 Å². The molecule has 0 aliphatic heterocycles. The van der Waals surface area contributed by atoms with E-state index in [0.29, 0.717) is 23.7 Å². The molecule has 7 atom stereocenters. The first kappa shape index (κ1) is 25.6. The minimum absolute atomic E-state index is 0.0192. The second kappa shape index (κ2) is 10.1.